The molecule has 33 heavy (non-hydrogen) atoms. The highest BCUT2D eigenvalue weighted by Crippen LogP contribution is 2.39. The van der Waals surface area contributed by atoms with E-state index in [1.807, 2.05) is 42.5 Å². The number of hydrogen-bond acceptors (Lipinski definition) is 3. The minimum Gasteiger partial charge on any atom is -0.496 e. The number of benzene rings is 3. The highest BCUT2D eigenvalue weighted by Gasteiger charge is 2.47. The van der Waals surface area contributed by atoms with Crippen LogP contribution in [0.15, 0.2) is 78.9 Å². The Morgan fingerprint density at radius 2 is 1.61 bits per heavy atom. The van der Waals surface area contributed by atoms with Crippen molar-refractivity contribution in [1.82, 2.24) is 9.80 Å². The fraction of sp³-hybridized carbons (Fsp3) is 0.286. The molecular weight excluding hydrogens is 412 g/mol. The Morgan fingerprint density at radius 1 is 0.939 bits per heavy atom. The van der Waals surface area contributed by atoms with E-state index in [2.05, 4.69) is 24.3 Å². The minimum atomic E-state index is -0.675. The van der Waals surface area contributed by atoms with Crippen molar-refractivity contribution < 1.29 is 14.3 Å². The van der Waals surface area contributed by atoms with Gasteiger partial charge in [-0.2, -0.15) is 0 Å². The normalized spacial score (nSPS) is 17.6. The molecule has 0 N–H and O–H groups in total. The van der Waals surface area contributed by atoms with Crippen LogP contribution < -0.4 is 4.74 Å². The third kappa shape index (κ3) is 4.49. The number of methoxy groups -OCH3 is 1. The summed E-state index contributed by atoms with van der Waals surface area (Å²) in [5.41, 5.74) is 3.22. The summed E-state index contributed by atoms with van der Waals surface area (Å²) in [6.45, 7) is 0.911. The number of para-hydroxylation sites is 1. The molecule has 1 heterocycles. The lowest BCUT2D eigenvalue weighted by molar-refractivity contribution is -0.138. The number of likely N-dealkylation sites (tertiary alicyclic amines) is 1. The Labute approximate surface area is 195 Å². The molecule has 1 aliphatic rings. The van der Waals surface area contributed by atoms with Crippen molar-refractivity contribution in [3.05, 3.63) is 90.0 Å². The highest BCUT2D eigenvalue weighted by molar-refractivity contribution is 5.98. The average Bonchev–Trinajstić information content (AvgIpc) is 3.29. The summed E-state index contributed by atoms with van der Waals surface area (Å²) in [6.07, 6.45) is 1.19. The maximum absolute atomic E-state index is 13.5. The predicted molar refractivity (Wildman–Crippen MR) is 130 cm³/mol. The number of hydrogen-bond donors (Lipinski definition) is 0. The van der Waals surface area contributed by atoms with Crippen molar-refractivity contribution in [2.45, 2.75) is 12.8 Å². The molecule has 3 aromatic carbocycles. The van der Waals surface area contributed by atoms with Crippen LogP contribution in [0.4, 0.5) is 0 Å². The quantitative estimate of drug-likeness (QED) is 0.564. The van der Waals surface area contributed by atoms with Crippen molar-refractivity contribution in [3.8, 4) is 16.9 Å². The Bertz CT molecular complexity index is 1140. The van der Waals surface area contributed by atoms with Crippen molar-refractivity contribution >= 4 is 11.8 Å². The number of amides is 2. The van der Waals surface area contributed by atoms with Gasteiger partial charge in [-0.25, -0.2) is 0 Å². The zero-order valence-corrected chi connectivity index (χ0v) is 19.5. The van der Waals surface area contributed by atoms with E-state index in [1.165, 1.54) is 0 Å². The molecular formula is C28H30N2O3. The summed E-state index contributed by atoms with van der Waals surface area (Å²) in [4.78, 5) is 30.3. The van der Waals surface area contributed by atoms with Gasteiger partial charge in [-0.15, -0.1) is 0 Å². The van der Waals surface area contributed by atoms with Gasteiger partial charge in [-0.1, -0.05) is 66.7 Å². The molecule has 0 radical (unpaired) electrons. The van der Waals surface area contributed by atoms with Crippen LogP contribution in [-0.4, -0.2) is 55.9 Å². The summed E-state index contributed by atoms with van der Waals surface area (Å²) >= 11 is 0. The molecule has 1 aliphatic heterocycles. The SMILES string of the molecule is COc1ccccc1C(=O)N1CC[C@@](Cc2ccccc2-c2ccccc2)(C(=O)N(C)C)C1. The summed E-state index contributed by atoms with van der Waals surface area (Å²) in [7, 11) is 5.15. The molecule has 0 unspecified atom stereocenters. The molecule has 0 spiro atoms. The van der Waals surface area contributed by atoms with Crippen LogP contribution in [-0.2, 0) is 11.2 Å². The first kappa shape index (κ1) is 22.6. The van der Waals surface area contributed by atoms with Crippen molar-refractivity contribution in [3.63, 3.8) is 0 Å². The van der Waals surface area contributed by atoms with Gasteiger partial charge in [-0.05, 0) is 41.7 Å². The number of carbonyl (C=O) groups is 2. The summed E-state index contributed by atoms with van der Waals surface area (Å²) in [5, 5.41) is 0. The molecule has 3 aromatic rings. The zero-order chi connectivity index (χ0) is 23.4. The van der Waals surface area contributed by atoms with Gasteiger partial charge in [-0.3, -0.25) is 9.59 Å². The number of carbonyl (C=O) groups excluding carboxylic acids is 2. The number of ether oxygens (including phenoxy) is 1. The minimum absolute atomic E-state index is 0.0562. The predicted octanol–water partition coefficient (Wildman–Crippen LogP) is 4.53. The summed E-state index contributed by atoms with van der Waals surface area (Å²) in [5.74, 6) is 0.506. The Balaban J connectivity index is 1.67. The van der Waals surface area contributed by atoms with Gasteiger partial charge in [0.15, 0.2) is 0 Å². The van der Waals surface area contributed by atoms with Crippen LogP contribution in [0.25, 0.3) is 11.1 Å². The molecule has 0 bridgehead atoms. The van der Waals surface area contributed by atoms with Crippen LogP contribution in [0.1, 0.15) is 22.3 Å². The smallest absolute Gasteiger partial charge is 0.257 e. The molecule has 0 saturated carbocycles. The van der Waals surface area contributed by atoms with Gasteiger partial charge < -0.3 is 14.5 Å². The lowest BCUT2D eigenvalue weighted by atomic mass is 9.77. The number of nitrogens with zero attached hydrogens (tertiary/aromatic N) is 2. The Hall–Kier alpha value is -3.60. The fourth-order valence-corrected chi connectivity index (χ4v) is 4.84. The van der Waals surface area contributed by atoms with Gasteiger partial charge in [0.1, 0.15) is 5.75 Å². The molecule has 0 aliphatic carbocycles. The zero-order valence-electron chi connectivity index (χ0n) is 19.5. The Morgan fingerprint density at radius 3 is 2.33 bits per heavy atom. The van der Waals surface area contributed by atoms with E-state index < -0.39 is 5.41 Å². The average molecular weight is 443 g/mol. The lowest BCUT2D eigenvalue weighted by Gasteiger charge is -2.32. The Kier molecular flexibility index (Phi) is 6.50. The van der Waals surface area contributed by atoms with Crippen LogP contribution in [0, 0.1) is 5.41 Å². The highest BCUT2D eigenvalue weighted by atomic mass is 16.5. The van der Waals surface area contributed by atoms with E-state index in [9.17, 15) is 9.59 Å². The van der Waals surface area contributed by atoms with Crippen LogP contribution >= 0.6 is 0 Å². The van der Waals surface area contributed by atoms with Crippen molar-refractivity contribution in [2.24, 2.45) is 5.41 Å². The molecule has 5 nitrogen and oxygen atoms in total. The van der Waals surface area contributed by atoms with E-state index >= 15 is 0 Å². The first-order valence-electron chi connectivity index (χ1n) is 11.2. The largest absolute Gasteiger partial charge is 0.496 e. The van der Waals surface area contributed by atoms with Gasteiger partial charge in [0.2, 0.25) is 5.91 Å². The van der Waals surface area contributed by atoms with E-state index in [0.717, 1.165) is 16.7 Å². The maximum atomic E-state index is 13.5. The van der Waals surface area contributed by atoms with Crippen LogP contribution in [0.5, 0.6) is 5.75 Å². The monoisotopic (exact) mass is 442 g/mol. The van der Waals surface area contributed by atoms with E-state index in [0.29, 0.717) is 37.2 Å². The third-order valence-electron chi connectivity index (χ3n) is 6.47. The maximum Gasteiger partial charge on any atom is 0.257 e. The van der Waals surface area contributed by atoms with Crippen LogP contribution in [0.2, 0.25) is 0 Å². The molecule has 4 rings (SSSR count). The molecule has 170 valence electrons. The van der Waals surface area contributed by atoms with Gasteiger partial charge in [0.25, 0.3) is 5.91 Å². The van der Waals surface area contributed by atoms with Gasteiger partial charge in [0, 0.05) is 27.2 Å². The second kappa shape index (κ2) is 9.49. The second-order valence-electron chi connectivity index (χ2n) is 8.86. The standard InChI is InChI=1S/C28H30N2O3/c1-29(2)27(32)28(19-22-13-7-8-14-23(22)21-11-5-4-6-12-21)17-18-30(20-28)26(31)24-15-9-10-16-25(24)33-3/h4-16H,17-20H2,1-3H3/t28-/m0/s1. The van der Waals surface area contributed by atoms with Crippen molar-refractivity contribution in [2.75, 3.05) is 34.3 Å². The molecule has 0 aromatic heterocycles. The first-order valence-corrected chi connectivity index (χ1v) is 11.2. The summed E-state index contributed by atoms with van der Waals surface area (Å²) in [6, 6.07) is 25.7. The fourth-order valence-electron chi connectivity index (χ4n) is 4.84. The molecule has 5 heteroatoms. The molecule has 1 saturated heterocycles. The first-order chi connectivity index (χ1) is 15.9. The summed E-state index contributed by atoms with van der Waals surface area (Å²) < 4.78 is 5.40. The van der Waals surface area contributed by atoms with Crippen LogP contribution in [0.3, 0.4) is 0 Å². The third-order valence-corrected chi connectivity index (χ3v) is 6.47. The van der Waals surface area contributed by atoms with E-state index in [-0.39, 0.29) is 11.8 Å². The molecule has 2 amide bonds. The van der Waals surface area contributed by atoms with Gasteiger partial charge >= 0.3 is 0 Å². The number of rotatable bonds is 6. The molecule has 1 atom stereocenters. The topological polar surface area (TPSA) is 49.9 Å². The second-order valence-corrected chi connectivity index (χ2v) is 8.86. The lowest BCUT2D eigenvalue weighted by Crippen LogP contribution is -2.44. The van der Waals surface area contributed by atoms with E-state index in [1.54, 1.807) is 43.1 Å². The van der Waals surface area contributed by atoms with E-state index in [4.69, 9.17) is 4.74 Å². The van der Waals surface area contributed by atoms with Gasteiger partial charge in [0.05, 0.1) is 18.1 Å². The molecule has 1 fully saturated rings. The van der Waals surface area contributed by atoms with Crippen molar-refractivity contribution in [1.29, 1.82) is 0 Å².